The van der Waals surface area contributed by atoms with Crippen LogP contribution in [0, 0.1) is 0 Å². The molecular formula is C19H22N2O3. The Morgan fingerprint density at radius 2 is 2.00 bits per heavy atom. The second-order valence-electron chi connectivity index (χ2n) is 5.94. The summed E-state index contributed by atoms with van der Waals surface area (Å²) in [6.45, 7) is 0. The van der Waals surface area contributed by atoms with Gasteiger partial charge in [0.1, 0.15) is 11.5 Å². The highest BCUT2D eigenvalue weighted by Gasteiger charge is 2.23. The van der Waals surface area contributed by atoms with Crippen molar-refractivity contribution in [3.05, 3.63) is 53.1 Å². The van der Waals surface area contributed by atoms with Gasteiger partial charge in [0.05, 0.1) is 25.8 Å². The molecule has 0 saturated carbocycles. The van der Waals surface area contributed by atoms with Gasteiger partial charge in [-0.2, -0.15) is 0 Å². The molecule has 1 amide bonds. The highest BCUT2D eigenvalue weighted by Crippen LogP contribution is 2.32. The summed E-state index contributed by atoms with van der Waals surface area (Å²) in [7, 11) is 3.13. The lowest BCUT2D eigenvalue weighted by molar-refractivity contribution is 0.0929. The molecule has 3 N–H and O–H groups in total. The highest BCUT2D eigenvalue weighted by atomic mass is 16.5. The summed E-state index contributed by atoms with van der Waals surface area (Å²) in [4.78, 5) is 12.7. The van der Waals surface area contributed by atoms with Crippen LogP contribution in [0.1, 0.15) is 40.4 Å². The van der Waals surface area contributed by atoms with Crippen molar-refractivity contribution in [2.45, 2.75) is 25.3 Å². The fourth-order valence-corrected chi connectivity index (χ4v) is 3.21. The topological polar surface area (TPSA) is 73.6 Å². The van der Waals surface area contributed by atoms with E-state index < -0.39 is 0 Å². The number of carbonyl (C=O) groups excluding carboxylic acids is 1. The van der Waals surface area contributed by atoms with Gasteiger partial charge >= 0.3 is 0 Å². The molecule has 0 radical (unpaired) electrons. The first kappa shape index (κ1) is 16.2. The van der Waals surface area contributed by atoms with E-state index in [0.717, 1.165) is 30.5 Å². The normalized spacial score (nSPS) is 16.2. The fraction of sp³-hybridized carbons (Fsp3) is 0.316. The summed E-state index contributed by atoms with van der Waals surface area (Å²) in [6, 6.07) is 11.1. The fourth-order valence-electron chi connectivity index (χ4n) is 3.21. The van der Waals surface area contributed by atoms with Crippen LogP contribution >= 0.6 is 0 Å². The number of rotatable bonds is 4. The molecule has 2 aromatic rings. The molecule has 5 nitrogen and oxygen atoms in total. The maximum absolute atomic E-state index is 12.7. The Balaban J connectivity index is 1.84. The summed E-state index contributed by atoms with van der Waals surface area (Å²) in [5.74, 6) is 1.01. The van der Waals surface area contributed by atoms with E-state index in [9.17, 15) is 4.79 Å². The molecule has 0 heterocycles. The minimum absolute atomic E-state index is 0.00587. The third-order valence-corrected chi connectivity index (χ3v) is 4.44. The lowest BCUT2D eigenvalue weighted by atomic mass is 9.87. The summed E-state index contributed by atoms with van der Waals surface area (Å²) < 4.78 is 10.5. The molecule has 0 fully saturated rings. The minimum atomic E-state index is -0.149. The van der Waals surface area contributed by atoms with Gasteiger partial charge in [0.2, 0.25) is 0 Å². The number of aryl methyl sites for hydroxylation is 1. The van der Waals surface area contributed by atoms with Crippen LogP contribution in [-0.4, -0.2) is 20.1 Å². The van der Waals surface area contributed by atoms with Crippen molar-refractivity contribution in [3.8, 4) is 11.5 Å². The van der Waals surface area contributed by atoms with Crippen molar-refractivity contribution in [1.82, 2.24) is 5.32 Å². The van der Waals surface area contributed by atoms with Crippen LogP contribution in [0.4, 0.5) is 5.69 Å². The SMILES string of the molecule is COc1ccc(C(=O)NC2CCCc3cc(N)ccc32)c(OC)c1. The summed E-state index contributed by atoms with van der Waals surface area (Å²) in [5, 5.41) is 3.12. The summed E-state index contributed by atoms with van der Waals surface area (Å²) in [6.07, 6.45) is 2.95. The Bertz CT molecular complexity index is 758. The quantitative estimate of drug-likeness (QED) is 0.847. The number of carbonyl (C=O) groups is 1. The van der Waals surface area contributed by atoms with Crippen molar-refractivity contribution in [1.29, 1.82) is 0 Å². The third-order valence-electron chi connectivity index (χ3n) is 4.44. The van der Waals surface area contributed by atoms with E-state index in [1.807, 2.05) is 18.2 Å². The molecule has 1 unspecified atom stereocenters. The molecule has 1 aliphatic rings. The average Bonchev–Trinajstić information content (AvgIpc) is 2.60. The molecule has 24 heavy (non-hydrogen) atoms. The molecule has 5 heteroatoms. The predicted molar refractivity (Wildman–Crippen MR) is 93.5 cm³/mol. The van der Waals surface area contributed by atoms with Crippen LogP contribution in [0.25, 0.3) is 0 Å². The van der Waals surface area contributed by atoms with Crippen molar-refractivity contribution in [2.75, 3.05) is 20.0 Å². The first-order valence-corrected chi connectivity index (χ1v) is 8.03. The zero-order valence-corrected chi connectivity index (χ0v) is 14.0. The standard InChI is InChI=1S/C19H22N2O3/c1-23-14-7-9-16(18(11-14)24-2)19(22)21-17-5-3-4-12-10-13(20)6-8-15(12)17/h6-11,17H,3-5,20H2,1-2H3,(H,21,22). The molecule has 3 rings (SSSR count). The number of nitrogen functional groups attached to an aromatic ring is 1. The van der Waals surface area contributed by atoms with Crippen molar-refractivity contribution < 1.29 is 14.3 Å². The summed E-state index contributed by atoms with van der Waals surface area (Å²) in [5.41, 5.74) is 9.50. The van der Waals surface area contributed by atoms with E-state index in [2.05, 4.69) is 5.32 Å². The van der Waals surface area contributed by atoms with E-state index in [4.69, 9.17) is 15.2 Å². The number of nitrogens with one attached hydrogen (secondary N) is 1. The molecule has 126 valence electrons. The Hall–Kier alpha value is -2.69. The zero-order valence-electron chi connectivity index (χ0n) is 14.0. The molecule has 0 spiro atoms. The molecule has 0 aromatic heterocycles. The third kappa shape index (κ3) is 3.15. The maximum Gasteiger partial charge on any atom is 0.255 e. The first-order valence-electron chi connectivity index (χ1n) is 8.03. The van der Waals surface area contributed by atoms with E-state index in [1.165, 1.54) is 5.56 Å². The van der Waals surface area contributed by atoms with Gasteiger partial charge < -0.3 is 20.5 Å². The van der Waals surface area contributed by atoms with Crippen LogP contribution in [0.2, 0.25) is 0 Å². The summed E-state index contributed by atoms with van der Waals surface area (Å²) >= 11 is 0. The molecule has 1 aliphatic carbocycles. The second kappa shape index (κ2) is 6.83. The first-order chi connectivity index (χ1) is 11.6. The molecular weight excluding hydrogens is 304 g/mol. The minimum Gasteiger partial charge on any atom is -0.497 e. The van der Waals surface area contributed by atoms with Gasteiger partial charge in [-0.3, -0.25) is 4.79 Å². The van der Waals surface area contributed by atoms with E-state index in [1.54, 1.807) is 32.4 Å². The monoisotopic (exact) mass is 326 g/mol. The van der Waals surface area contributed by atoms with Crippen LogP contribution in [0.5, 0.6) is 11.5 Å². The molecule has 0 saturated heterocycles. The van der Waals surface area contributed by atoms with Crippen LogP contribution in [0.3, 0.4) is 0 Å². The smallest absolute Gasteiger partial charge is 0.255 e. The number of benzene rings is 2. The number of anilines is 1. The zero-order chi connectivity index (χ0) is 17.1. The second-order valence-corrected chi connectivity index (χ2v) is 5.94. The van der Waals surface area contributed by atoms with Crippen molar-refractivity contribution >= 4 is 11.6 Å². The Morgan fingerprint density at radius 1 is 1.17 bits per heavy atom. The van der Waals surface area contributed by atoms with Crippen molar-refractivity contribution in [2.24, 2.45) is 0 Å². The highest BCUT2D eigenvalue weighted by molar-refractivity contribution is 5.97. The van der Waals surface area contributed by atoms with Crippen LogP contribution < -0.4 is 20.5 Å². The van der Waals surface area contributed by atoms with Gasteiger partial charge in [-0.05, 0) is 54.7 Å². The Kier molecular flexibility index (Phi) is 4.60. The number of ether oxygens (including phenoxy) is 2. The Labute approximate surface area is 141 Å². The molecule has 0 bridgehead atoms. The number of amides is 1. The van der Waals surface area contributed by atoms with E-state index in [0.29, 0.717) is 17.1 Å². The molecule has 1 atom stereocenters. The maximum atomic E-state index is 12.7. The lowest BCUT2D eigenvalue weighted by Gasteiger charge is -2.27. The van der Waals surface area contributed by atoms with Gasteiger partial charge in [-0.25, -0.2) is 0 Å². The number of fused-ring (bicyclic) bond motifs is 1. The predicted octanol–water partition coefficient (Wildman–Crippen LogP) is 3.09. The number of hydrogen-bond acceptors (Lipinski definition) is 4. The van der Waals surface area contributed by atoms with Gasteiger partial charge in [-0.15, -0.1) is 0 Å². The van der Waals surface area contributed by atoms with Gasteiger partial charge in [0.15, 0.2) is 0 Å². The number of methoxy groups -OCH3 is 2. The van der Waals surface area contributed by atoms with E-state index >= 15 is 0 Å². The lowest BCUT2D eigenvalue weighted by Crippen LogP contribution is -2.31. The van der Waals surface area contributed by atoms with Crippen LogP contribution in [-0.2, 0) is 6.42 Å². The van der Waals surface area contributed by atoms with Gasteiger partial charge in [0.25, 0.3) is 5.91 Å². The van der Waals surface area contributed by atoms with E-state index in [-0.39, 0.29) is 11.9 Å². The largest absolute Gasteiger partial charge is 0.497 e. The number of nitrogens with two attached hydrogens (primary N) is 1. The van der Waals surface area contributed by atoms with Crippen LogP contribution in [0.15, 0.2) is 36.4 Å². The average molecular weight is 326 g/mol. The number of hydrogen-bond donors (Lipinski definition) is 2. The van der Waals surface area contributed by atoms with Crippen molar-refractivity contribution in [3.63, 3.8) is 0 Å². The van der Waals surface area contributed by atoms with Gasteiger partial charge in [0, 0.05) is 11.8 Å². The molecule has 2 aromatic carbocycles. The Morgan fingerprint density at radius 3 is 2.75 bits per heavy atom. The van der Waals surface area contributed by atoms with Gasteiger partial charge in [-0.1, -0.05) is 6.07 Å². The molecule has 0 aliphatic heterocycles.